The summed E-state index contributed by atoms with van der Waals surface area (Å²) < 4.78 is 19.1. The molecular formula is C19H14FNO3S2. The summed E-state index contributed by atoms with van der Waals surface area (Å²) in [5.74, 6) is -1.24. The molecule has 0 radical (unpaired) electrons. The maximum Gasteiger partial charge on any atom is 0.338 e. The van der Waals surface area contributed by atoms with Gasteiger partial charge in [0.1, 0.15) is 5.82 Å². The Hall–Kier alpha value is -2.51. The number of amides is 1. The van der Waals surface area contributed by atoms with Crippen LogP contribution in [0.15, 0.2) is 53.4 Å². The number of thioether (sulfide) groups is 1. The van der Waals surface area contributed by atoms with Gasteiger partial charge in [-0.15, -0.1) is 0 Å². The lowest BCUT2D eigenvalue weighted by molar-refractivity contribution is -0.113. The molecule has 2 aromatic carbocycles. The van der Waals surface area contributed by atoms with E-state index in [1.54, 1.807) is 49.4 Å². The zero-order valence-corrected chi connectivity index (χ0v) is 15.4. The molecule has 0 aromatic heterocycles. The van der Waals surface area contributed by atoms with E-state index in [1.807, 2.05) is 0 Å². The molecule has 7 heteroatoms. The highest BCUT2D eigenvalue weighted by atomic mass is 32.2. The minimum atomic E-state index is -0.471. The average Bonchev–Trinajstić information content (AvgIpc) is 2.91. The number of hydrogen-bond acceptors (Lipinski definition) is 5. The van der Waals surface area contributed by atoms with Crippen molar-refractivity contribution in [3.8, 4) is 0 Å². The molecule has 1 aliphatic rings. The number of ether oxygens (including phenoxy) is 1. The molecule has 26 heavy (non-hydrogen) atoms. The molecule has 2 aromatic rings. The van der Waals surface area contributed by atoms with Crippen LogP contribution in [0, 0.1) is 5.82 Å². The normalized spacial score (nSPS) is 15.6. The van der Waals surface area contributed by atoms with Crippen molar-refractivity contribution in [2.45, 2.75) is 6.92 Å². The fourth-order valence-corrected chi connectivity index (χ4v) is 3.70. The molecule has 1 fully saturated rings. The number of anilines is 1. The van der Waals surface area contributed by atoms with Crippen molar-refractivity contribution < 1.29 is 18.7 Å². The van der Waals surface area contributed by atoms with E-state index in [4.69, 9.17) is 17.0 Å². The van der Waals surface area contributed by atoms with E-state index in [1.165, 1.54) is 17.0 Å². The Labute approximate surface area is 159 Å². The van der Waals surface area contributed by atoms with Gasteiger partial charge >= 0.3 is 5.97 Å². The Morgan fingerprint density at radius 2 is 2.04 bits per heavy atom. The summed E-state index contributed by atoms with van der Waals surface area (Å²) >= 11 is 6.39. The van der Waals surface area contributed by atoms with Crippen LogP contribution in [0.1, 0.15) is 22.8 Å². The van der Waals surface area contributed by atoms with Crippen LogP contribution in [0.3, 0.4) is 0 Å². The van der Waals surface area contributed by atoms with Crippen molar-refractivity contribution in [3.05, 3.63) is 70.4 Å². The molecule has 1 aliphatic heterocycles. The highest BCUT2D eigenvalue weighted by Crippen LogP contribution is 2.36. The minimum absolute atomic E-state index is 0.259. The molecule has 1 heterocycles. The number of carbonyl (C=O) groups excluding carboxylic acids is 2. The number of thiocarbonyl (C=S) groups is 1. The topological polar surface area (TPSA) is 46.6 Å². The third-order valence-electron chi connectivity index (χ3n) is 3.60. The average molecular weight is 387 g/mol. The summed E-state index contributed by atoms with van der Waals surface area (Å²) in [5, 5.41) is 0. The summed E-state index contributed by atoms with van der Waals surface area (Å²) in [6.45, 7) is 1.98. The highest BCUT2D eigenvalue weighted by molar-refractivity contribution is 8.27. The molecular weight excluding hydrogens is 373 g/mol. The predicted molar refractivity (Wildman–Crippen MR) is 104 cm³/mol. The first-order chi connectivity index (χ1) is 12.5. The second kappa shape index (κ2) is 7.80. The quantitative estimate of drug-likeness (QED) is 0.442. The van der Waals surface area contributed by atoms with E-state index >= 15 is 0 Å². The Bertz CT molecular complexity index is 927. The fraction of sp³-hybridized carbons (Fsp3) is 0.105. The molecule has 1 amide bonds. The van der Waals surface area contributed by atoms with Gasteiger partial charge in [-0.2, -0.15) is 0 Å². The number of halogens is 1. The maximum absolute atomic E-state index is 13.8. The number of esters is 1. The second-order valence-electron chi connectivity index (χ2n) is 5.31. The smallest absolute Gasteiger partial charge is 0.338 e. The van der Waals surface area contributed by atoms with Gasteiger partial charge < -0.3 is 4.74 Å². The van der Waals surface area contributed by atoms with Crippen molar-refractivity contribution >= 4 is 51.9 Å². The van der Waals surface area contributed by atoms with Crippen LogP contribution < -0.4 is 4.90 Å². The van der Waals surface area contributed by atoms with Crippen LogP contribution >= 0.6 is 24.0 Å². The van der Waals surface area contributed by atoms with Gasteiger partial charge in [0.15, 0.2) is 4.32 Å². The number of nitrogens with zero attached hydrogens (tertiary/aromatic N) is 1. The third kappa shape index (κ3) is 3.68. The van der Waals surface area contributed by atoms with Gasteiger partial charge in [0, 0.05) is 5.56 Å². The first-order valence-corrected chi connectivity index (χ1v) is 9.03. The molecule has 0 bridgehead atoms. The van der Waals surface area contributed by atoms with Crippen molar-refractivity contribution in [2.75, 3.05) is 11.5 Å². The Morgan fingerprint density at radius 3 is 2.77 bits per heavy atom. The van der Waals surface area contributed by atoms with Gasteiger partial charge in [0.05, 0.1) is 22.8 Å². The van der Waals surface area contributed by atoms with Gasteiger partial charge in [-0.05, 0) is 37.3 Å². The molecule has 132 valence electrons. The van der Waals surface area contributed by atoms with Crippen LogP contribution in [0.5, 0.6) is 0 Å². The lowest BCUT2D eigenvalue weighted by Crippen LogP contribution is -2.27. The molecule has 0 saturated carbocycles. The van der Waals surface area contributed by atoms with Crippen LogP contribution in [0.4, 0.5) is 10.1 Å². The molecule has 1 saturated heterocycles. The van der Waals surface area contributed by atoms with Crippen LogP contribution in [0.2, 0.25) is 0 Å². The zero-order chi connectivity index (χ0) is 18.7. The SMILES string of the molecule is CCOC(=O)c1cccc(N2C(=O)C(=Cc3ccccc3F)SC2=S)c1. The first-order valence-electron chi connectivity index (χ1n) is 7.81. The van der Waals surface area contributed by atoms with Gasteiger partial charge in [-0.1, -0.05) is 48.2 Å². The summed E-state index contributed by atoms with van der Waals surface area (Å²) in [5.41, 5.74) is 1.11. The third-order valence-corrected chi connectivity index (χ3v) is 4.90. The summed E-state index contributed by atoms with van der Waals surface area (Å²) in [6, 6.07) is 12.7. The van der Waals surface area contributed by atoms with Crippen molar-refractivity contribution in [1.82, 2.24) is 0 Å². The van der Waals surface area contributed by atoms with Crippen molar-refractivity contribution in [1.29, 1.82) is 0 Å². The molecule has 3 rings (SSSR count). The molecule has 0 unspecified atom stereocenters. The Morgan fingerprint density at radius 1 is 1.27 bits per heavy atom. The first kappa shape index (κ1) is 18.3. The van der Waals surface area contributed by atoms with Crippen LogP contribution in [-0.4, -0.2) is 22.8 Å². The standard InChI is InChI=1S/C19H14FNO3S2/c1-2-24-18(23)13-7-5-8-14(10-13)21-17(22)16(26-19(21)25)11-12-6-3-4-9-15(12)20/h3-11H,2H2,1H3. The summed E-state index contributed by atoms with van der Waals surface area (Å²) in [4.78, 5) is 26.3. The predicted octanol–water partition coefficient (Wildman–Crippen LogP) is 4.41. The zero-order valence-electron chi connectivity index (χ0n) is 13.8. The van der Waals surface area contributed by atoms with E-state index < -0.39 is 11.8 Å². The van der Waals surface area contributed by atoms with Gasteiger partial charge in [-0.3, -0.25) is 9.69 Å². The fourth-order valence-electron chi connectivity index (χ4n) is 2.41. The van der Waals surface area contributed by atoms with Crippen LogP contribution in [-0.2, 0) is 9.53 Å². The monoisotopic (exact) mass is 387 g/mol. The number of carbonyl (C=O) groups is 2. The van der Waals surface area contributed by atoms with E-state index in [0.717, 1.165) is 11.8 Å². The lowest BCUT2D eigenvalue weighted by atomic mass is 10.1. The largest absolute Gasteiger partial charge is 0.462 e. The second-order valence-corrected chi connectivity index (χ2v) is 6.99. The lowest BCUT2D eigenvalue weighted by Gasteiger charge is -2.15. The van der Waals surface area contributed by atoms with Gasteiger partial charge in [0.25, 0.3) is 5.91 Å². The van der Waals surface area contributed by atoms with E-state index in [9.17, 15) is 14.0 Å². The summed E-state index contributed by atoms with van der Waals surface area (Å²) in [7, 11) is 0. The molecule has 0 spiro atoms. The number of hydrogen-bond donors (Lipinski definition) is 0. The van der Waals surface area contributed by atoms with Gasteiger partial charge in [-0.25, -0.2) is 9.18 Å². The molecule has 0 aliphatic carbocycles. The van der Waals surface area contributed by atoms with Gasteiger partial charge in [0.2, 0.25) is 0 Å². The minimum Gasteiger partial charge on any atom is -0.462 e. The highest BCUT2D eigenvalue weighted by Gasteiger charge is 2.33. The van der Waals surface area contributed by atoms with E-state index in [-0.39, 0.29) is 12.5 Å². The Kier molecular flexibility index (Phi) is 5.49. The van der Waals surface area contributed by atoms with E-state index in [0.29, 0.717) is 26.0 Å². The van der Waals surface area contributed by atoms with Crippen molar-refractivity contribution in [3.63, 3.8) is 0 Å². The number of benzene rings is 2. The van der Waals surface area contributed by atoms with Crippen molar-refractivity contribution in [2.24, 2.45) is 0 Å². The van der Waals surface area contributed by atoms with E-state index in [2.05, 4.69) is 0 Å². The molecule has 4 nitrogen and oxygen atoms in total. The molecule has 0 atom stereocenters. The Balaban J connectivity index is 1.92. The summed E-state index contributed by atoms with van der Waals surface area (Å²) in [6.07, 6.45) is 1.48. The maximum atomic E-state index is 13.8. The molecule has 0 N–H and O–H groups in total. The number of rotatable bonds is 4. The van der Waals surface area contributed by atoms with Crippen LogP contribution in [0.25, 0.3) is 6.08 Å².